The van der Waals surface area contributed by atoms with Crippen LogP contribution < -0.4 is 20.7 Å². The highest BCUT2D eigenvalue weighted by Crippen LogP contribution is 2.18. The lowest BCUT2D eigenvalue weighted by atomic mass is 10.0. The number of aliphatic hydroxyl groups is 1. The van der Waals surface area contributed by atoms with Gasteiger partial charge in [-0.05, 0) is 56.2 Å². The first kappa shape index (κ1) is 23.0. The fraction of sp³-hybridized carbons (Fsp3) is 0.636. The number of carbonyl (C=O) groups excluding carboxylic acids is 1. The van der Waals surface area contributed by atoms with Gasteiger partial charge in [-0.25, -0.2) is 4.99 Å². The van der Waals surface area contributed by atoms with E-state index < -0.39 is 0 Å². The third kappa shape index (κ3) is 9.65. The molecule has 0 saturated heterocycles. The molecule has 1 atom stereocenters. The molecule has 0 spiro atoms. The number of ether oxygens (including phenoxy) is 1. The molecule has 1 saturated carbocycles. The molecule has 1 aromatic rings. The quantitative estimate of drug-likeness (QED) is 0.299. The van der Waals surface area contributed by atoms with E-state index in [1.165, 1.54) is 0 Å². The van der Waals surface area contributed by atoms with Gasteiger partial charge in [0, 0.05) is 25.7 Å². The third-order valence-electron chi connectivity index (χ3n) is 4.77. The summed E-state index contributed by atoms with van der Waals surface area (Å²) >= 11 is 0. The van der Waals surface area contributed by atoms with Gasteiger partial charge in [0.2, 0.25) is 0 Å². The monoisotopic (exact) mass is 404 g/mol. The van der Waals surface area contributed by atoms with Crippen molar-refractivity contribution in [3.05, 3.63) is 29.8 Å². The summed E-state index contributed by atoms with van der Waals surface area (Å²) in [7, 11) is 0. The minimum absolute atomic E-state index is 0.0388. The molecule has 1 aliphatic rings. The average molecular weight is 405 g/mol. The van der Waals surface area contributed by atoms with Gasteiger partial charge in [0.15, 0.2) is 12.6 Å². The first-order valence-electron chi connectivity index (χ1n) is 10.8. The van der Waals surface area contributed by atoms with Gasteiger partial charge < -0.3 is 25.8 Å². The van der Waals surface area contributed by atoms with Crippen molar-refractivity contribution in [2.24, 2.45) is 10.9 Å². The van der Waals surface area contributed by atoms with E-state index >= 15 is 0 Å². The van der Waals surface area contributed by atoms with Crippen molar-refractivity contribution in [2.45, 2.75) is 58.5 Å². The van der Waals surface area contributed by atoms with Crippen LogP contribution in [0.4, 0.5) is 0 Å². The van der Waals surface area contributed by atoms with Crippen molar-refractivity contribution >= 4 is 11.9 Å². The maximum Gasteiger partial charge on any atom is 0.258 e. The Kier molecular flexibility index (Phi) is 10.3. The lowest BCUT2D eigenvalue weighted by Crippen LogP contribution is -2.40. The molecular weight excluding hydrogens is 368 g/mol. The summed E-state index contributed by atoms with van der Waals surface area (Å²) in [5.41, 5.74) is 1.02. The maximum absolute atomic E-state index is 11.8. The van der Waals surface area contributed by atoms with E-state index in [0.717, 1.165) is 56.7 Å². The molecule has 0 radical (unpaired) electrons. The van der Waals surface area contributed by atoms with Gasteiger partial charge in [-0.15, -0.1) is 0 Å². The van der Waals surface area contributed by atoms with Gasteiger partial charge in [-0.2, -0.15) is 0 Å². The molecule has 29 heavy (non-hydrogen) atoms. The van der Waals surface area contributed by atoms with Crippen LogP contribution >= 0.6 is 0 Å². The van der Waals surface area contributed by atoms with Crippen LogP contribution in [0.15, 0.2) is 29.3 Å². The predicted molar refractivity (Wildman–Crippen MR) is 116 cm³/mol. The number of hydrogen-bond donors (Lipinski definition) is 4. The Labute approximate surface area is 174 Å². The number of aliphatic hydroxyl groups excluding tert-OH is 1. The first-order valence-corrected chi connectivity index (χ1v) is 10.8. The number of benzene rings is 1. The summed E-state index contributed by atoms with van der Waals surface area (Å²) in [6, 6.07) is 8.03. The molecule has 0 bridgehead atoms. The normalized spacial score (nSPS) is 14.9. The van der Waals surface area contributed by atoms with Crippen molar-refractivity contribution in [3.63, 3.8) is 0 Å². The fourth-order valence-corrected chi connectivity index (χ4v) is 3.07. The summed E-state index contributed by atoms with van der Waals surface area (Å²) in [5.74, 6) is 1.81. The first-order chi connectivity index (χ1) is 14.1. The molecule has 0 aromatic heterocycles. The number of carbonyl (C=O) groups is 1. The fourth-order valence-electron chi connectivity index (χ4n) is 3.07. The van der Waals surface area contributed by atoms with Crippen molar-refractivity contribution in [2.75, 3.05) is 26.3 Å². The average Bonchev–Trinajstić information content (AvgIpc) is 3.53. The van der Waals surface area contributed by atoms with E-state index in [1.54, 1.807) is 0 Å². The number of aliphatic imine (C=N–C) groups is 1. The van der Waals surface area contributed by atoms with E-state index in [1.807, 2.05) is 31.2 Å². The minimum Gasteiger partial charge on any atom is -0.484 e. The van der Waals surface area contributed by atoms with Crippen LogP contribution in [-0.4, -0.2) is 49.3 Å². The van der Waals surface area contributed by atoms with E-state index in [-0.39, 0.29) is 19.1 Å². The number of guanidine groups is 1. The van der Waals surface area contributed by atoms with Crippen molar-refractivity contribution in [3.8, 4) is 5.75 Å². The Bertz CT molecular complexity index is 641. The molecule has 1 fully saturated rings. The molecule has 0 heterocycles. The topological polar surface area (TPSA) is 95.0 Å². The van der Waals surface area contributed by atoms with Crippen LogP contribution in [0.25, 0.3) is 0 Å². The number of amides is 1. The third-order valence-corrected chi connectivity index (χ3v) is 4.77. The molecule has 1 aliphatic carbocycles. The maximum atomic E-state index is 11.8. The molecule has 1 unspecified atom stereocenters. The van der Waals surface area contributed by atoms with Gasteiger partial charge in [-0.3, -0.25) is 4.79 Å². The molecular formula is C22H36N4O3. The summed E-state index contributed by atoms with van der Waals surface area (Å²) in [5, 5.41) is 18.8. The summed E-state index contributed by atoms with van der Waals surface area (Å²) in [6.45, 7) is 6.54. The second-order valence-corrected chi connectivity index (χ2v) is 7.52. The smallest absolute Gasteiger partial charge is 0.258 e. The van der Waals surface area contributed by atoms with Crippen molar-refractivity contribution in [1.29, 1.82) is 0 Å². The van der Waals surface area contributed by atoms with Gasteiger partial charge in [0.1, 0.15) is 5.75 Å². The Morgan fingerprint density at radius 2 is 2.10 bits per heavy atom. The lowest BCUT2D eigenvalue weighted by molar-refractivity contribution is -0.123. The molecule has 0 aliphatic heterocycles. The zero-order chi connectivity index (χ0) is 20.9. The standard InChI is InChI=1S/C22H36N4O3/c1-3-6-17(11-12-27)14-24-22(23-4-2)25-15-18-7-5-8-20(13-18)29-16-21(28)26-19-9-10-19/h5,7-8,13,17,19,27H,3-4,6,9-12,14-16H2,1-2H3,(H,26,28)(H2,23,24,25). The van der Waals surface area contributed by atoms with E-state index in [4.69, 9.17) is 4.74 Å². The van der Waals surface area contributed by atoms with Gasteiger partial charge >= 0.3 is 0 Å². The van der Waals surface area contributed by atoms with E-state index in [9.17, 15) is 9.90 Å². The van der Waals surface area contributed by atoms with Crippen LogP contribution in [0, 0.1) is 5.92 Å². The highest BCUT2D eigenvalue weighted by molar-refractivity contribution is 5.79. The van der Waals surface area contributed by atoms with Crippen LogP contribution in [0.2, 0.25) is 0 Å². The number of hydrogen-bond acceptors (Lipinski definition) is 4. The van der Waals surface area contributed by atoms with Crippen molar-refractivity contribution in [1.82, 2.24) is 16.0 Å². The number of nitrogens with zero attached hydrogens (tertiary/aromatic N) is 1. The Hall–Kier alpha value is -2.28. The molecule has 1 aromatic carbocycles. The highest BCUT2D eigenvalue weighted by atomic mass is 16.5. The van der Waals surface area contributed by atoms with Crippen LogP contribution in [-0.2, 0) is 11.3 Å². The van der Waals surface area contributed by atoms with Crippen LogP contribution in [0.5, 0.6) is 5.75 Å². The molecule has 1 amide bonds. The lowest BCUT2D eigenvalue weighted by Gasteiger charge is -2.18. The number of nitrogens with one attached hydrogen (secondary N) is 3. The molecule has 7 nitrogen and oxygen atoms in total. The zero-order valence-corrected chi connectivity index (χ0v) is 17.7. The minimum atomic E-state index is -0.0703. The molecule has 4 N–H and O–H groups in total. The SMILES string of the molecule is CCCC(CCO)CNC(=NCc1cccc(OCC(=O)NC2CC2)c1)NCC. The van der Waals surface area contributed by atoms with E-state index in [2.05, 4.69) is 27.9 Å². The second-order valence-electron chi connectivity index (χ2n) is 7.52. The second kappa shape index (κ2) is 13.0. The van der Waals surface area contributed by atoms with Crippen LogP contribution in [0.3, 0.4) is 0 Å². The molecule has 2 rings (SSSR count). The molecule has 162 valence electrons. The van der Waals surface area contributed by atoms with Gasteiger partial charge in [0.05, 0.1) is 6.54 Å². The van der Waals surface area contributed by atoms with E-state index in [0.29, 0.717) is 24.3 Å². The summed E-state index contributed by atoms with van der Waals surface area (Å²) in [6.07, 6.45) is 5.13. The largest absolute Gasteiger partial charge is 0.484 e. The predicted octanol–water partition coefficient (Wildman–Crippen LogP) is 2.20. The van der Waals surface area contributed by atoms with Crippen LogP contribution in [0.1, 0.15) is 51.5 Å². The molecule has 7 heteroatoms. The highest BCUT2D eigenvalue weighted by Gasteiger charge is 2.23. The summed E-state index contributed by atoms with van der Waals surface area (Å²) in [4.78, 5) is 16.4. The number of rotatable bonds is 13. The van der Waals surface area contributed by atoms with Gasteiger partial charge in [-0.1, -0.05) is 25.5 Å². The summed E-state index contributed by atoms with van der Waals surface area (Å²) < 4.78 is 5.61. The van der Waals surface area contributed by atoms with Gasteiger partial charge in [0.25, 0.3) is 5.91 Å². The Balaban J connectivity index is 1.85. The Morgan fingerprint density at radius 1 is 1.28 bits per heavy atom. The van der Waals surface area contributed by atoms with Crippen molar-refractivity contribution < 1.29 is 14.6 Å². The Morgan fingerprint density at radius 3 is 2.79 bits per heavy atom. The zero-order valence-electron chi connectivity index (χ0n) is 17.7.